The van der Waals surface area contributed by atoms with Gasteiger partial charge in [-0.25, -0.2) is 4.98 Å². The number of nitrogens with zero attached hydrogens (tertiary/aromatic N) is 4. The number of hydrogen-bond acceptors (Lipinski definition) is 4. The lowest BCUT2D eigenvalue weighted by Gasteiger charge is -2.37. The summed E-state index contributed by atoms with van der Waals surface area (Å²) in [5.74, 6) is 2.24. The van der Waals surface area contributed by atoms with E-state index in [0.717, 1.165) is 36.7 Å². The normalized spacial score (nSPS) is 22.5. The number of halogens is 1. The predicted octanol–water partition coefficient (Wildman–Crippen LogP) is 4.36. The van der Waals surface area contributed by atoms with Gasteiger partial charge in [0.2, 0.25) is 0 Å². The van der Waals surface area contributed by atoms with Crippen molar-refractivity contribution < 1.29 is 0 Å². The summed E-state index contributed by atoms with van der Waals surface area (Å²) in [7, 11) is 0. The van der Waals surface area contributed by atoms with E-state index in [1.165, 1.54) is 19.2 Å². The number of nitrogens with one attached hydrogen (secondary N) is 1. The first-order valence-corrected chi connectivity index (χ1v) is 8.92. The molecule has 0 aliphatic heterocycles. The summed E-state index contributed by atoms with van der Waals surface area (Å²) in [4.78, 5) is 8.68. The van der Waals surface area contributed by atoms with Crippen molar-refractivity contribution in [2.75, 3.05) is 5.32 Å². The zero-order valence-corrected chi connectivity index (χ0v) is 15.2. The lowest BCUT2D eigenvalue weighted by Crippen LogP contribution is -2.32. The summed E-state index contributed by atoms with van der Waals surface area (Å²) < 4.78 is 1.72. The Labute approximate surface area is 142 Å². The lowest BCUT2D eigenvalue weighted by atomic mass is 9.71. The number of hydrogen-bond donors (Lipinski definition) is 1. The molecule has 0 bridgehead atoms. The van der Waals surface area contributed by atoms with Crippen LogP contribution in [0.25, 0.3) is 5.78 Å². The van der Waals surface area contributed by atoms with Gasteiger partial charge in [-0.15, -0.1) is 0 Å². The van der Waals surface area contributed by atoms with Crippen LogP contribution in [0.5, 0.6) is 0 Å². The highest BCUT2D eigenvalue weighted by atomic mass is 35.5. The number of aryl methyl sites for hydroxylation is 1. The number of fused-ring (bicyclic) bond motifs is 1. The molecule has 0 spiro atoms. The highest BCUT2D eigenvalue weighted by molar-refractivity contribution is 6.33. The molecule has 1 aliphatic carbocycles. The average molecular weight is 336 g/mol. The molecule has 1 fully saturated rings. The van der Waals surface area contributed by atoms with Crippen molar-refractivity contribution in [2.24, 2.45) is 11.3 Å². The number of rotatable bonds is 3. The average Bonchev–Trinajstić information content (AvgIpc) is 2.97. The van der Waals surface area contributed by atoms with Crippen molar-refractivity contribution in [2.45, 2.75) is 65.8 Å². The molecular formula is C17H26ClN5. The molecule has 2 aromatic heterocycles. The fraction of sp³-hybridized carbons (Fsp3) is 0.706. The Kier molecular flexibility index (Phi) is 4.50. The molecular weight excluding hydrogens is 310 g/mol. The molecule has 1 aliphatic rings. The maximum atomic E-state index is 6.55. The largest absolute Gasteiger partial charge is 0.366 e. The highest BCUT2D eigenvalue weighted by Crippen LogP contribution is 2.39. The second-order valence-electron chi connectivity index (χ2n) is 7.61. The molecule has 6 heteroatoms. The van der Waals surface area contributed by atoms with Gasteiger partial charge in [-0.05, 0) is 43.4 Å². The van der Waals surface area contributed by atoms with E-state index in [2.05, 4.69) is 48.1 Å². The van der Waals surface area contributed by atoms with Crippen molar-refractivity contribution in [1.29, 1.82) is 0 Å². The van der Waals surface area contributed by atoms with E-state index in [1.54, 1.807) is 4.52 Å². The SMILES string of the molecule is CCc1nc2ncnn2c(N[C@H]2CC[C@@H](C(C)(C)C)CC2)c1Cl. The maximum absolute atomic E-state index is 6.55. The summed E-state index contributed by atoms with van der Waals surface area (Å²) in [5.41, 5.74) is 1.27. The zero-order valence-electron chi connectivity index (χ0n) is 14.4. The van der Waals surface area contributed by atoms with Gasteiger partial charge in [-0.3, -0.25) is 0 Å². The molecule has 0 amide bonds. The molecule has 5 nitrogen and oxygen atoms in total. The van der Waals surface area contributed by atoms with Crippen LogP contribution in [0.3, 0.4) is 0 Å². The summed E-state index contributed by atoms with van der Waals surface area (Å²) in [6.45, 7) is 9.09. The zero-order chi connectivity index (χ0) is 16.6. The van der Waals surface area contributed by atoms with Crippen LogP contribution in [0.4, 0.5) is 5.82 Å². The Bertz CT molecular complexity index is 680. The first-order valence-electron chi connectivity index (χ1n) is 8.54. The fourth-order valence-electron chi connectivity index (χ4n) is 3.52. The lowest BCUT2D eigenvalue weighted by molar-refractivity contribution is 0.173. The Hall–Kier alpha value is -1.36. The van der Waals surface area contributed by atoms with Crippen LogP contribution in [0.1, 0.15) is 59.1 Å². The van der Waals surface area contributed by atoms with Gasteiger partial charge in [-0.2, -0.15) is 14.6 Å². The van der Waals surface area contributed by atoms with Gasteiger partial charge in [0.15, 0.2) is 5.82 Å². The Morgan fingerprint density at radius 2 is 1.96 bits per heavy atom. The van der Waals surface area contributed by atoms with Crippen molar-refractivity contribution >= 4 is 23.2 Å². The molecule has 0 saturated heterocycles. The second-order valence-corrected chi connectivity index (χ2v) is 7.98. The summed E-state index contributed by atoms with van der Waals surface area (Å²) in [5, 5.41) is 8.55. The standard InChI is InChI=1S/C17H26ClN5/c1-5-13-14(18)15(23-16(22-13)19-10-20-23)21-12-8-6-11(7-9-12)17(2,3)4/h10-12,21H,5-9H2,1-4H3/t11-,12+. The fourth-order valence-corrected chi connectivity index (χ4v) is 3.84. The minimum absolute atomic E-state index is 0.397. The van der Waals surface area contributed by atoms with Crippen molar-refractivity contribution in [3.05, 3.63) is 17.0 Å². The van der Waals surface area contributed by atoms with Crippen LogP contribution < -0.4 is 5.32 Å². The molecule has 23 heavy (non-hydrogen) atoms. The van der Waals surface area contributed by atoms with E-state index in [-0.39, 0.29) is 0 Å². The van der Waals surface area contributed by atoms with E-state index in [0.29, 0.717) is 22.3 Å². The summed E-state index contributed by atoms with van der Waals surface area (Å²) >= 11 is 6.55. The van der Waals surface area contributed by atoms with Gasteiger partial charge in [0.05, 0.1) is 5.69 Å². The van der Waals surface area contributed by atoms with Gasteiger partial charge in [0, 0.05) is 6.04 Å². The molecule has 2 aromatic rings. The molecule has 0 atom stereocenters. The van der Waals surface area contributed by atoms with Crippen LogP contribution >= 0.6 is 11.6 Å². The second kappa shape index (κ2) is 6.27. The molecule has 1 saturated carbocycles. The third-order valence-corrected chi connectivity index (χ3v) is 5.46. The molecule has 3 rings (SSSR count). The van der Waals surface area contributed by atoms with Gasteiger partial charge >= 0.3 is 0 Å². The smallest absolute Gasteiger partial charge is 0.254 e. The molecule has 126 valence electrons. The number of aromatic nitrogens is 4. The van der Waals surface area contributed by atoms with E-state index >= 15 is 0 Å². The van der Waals surface area contributed by atoms with E-state index in [1.807, 2.05) is 0 Å². The predicted molar refractivity (Wildman–Crippen MR) is 94.0 cm³/mol. The number of anilines is 1. The Morgan fingerprint density at radius 3 is 2.57 bits per heavy atom. The van der Waals surface area contributed by atoms with Gasteiger partial charge in [0.1, 0.15) is 11.3 Å². The van der Waals surface area contributed by atoms with Crippen LogP contribution in [0.15, 0.2) is 6.33 Å². The minimum Gasteiger partial charge on any atom is -0.366 e. The van der Waals surface area contributed by atoms with Gasteiger partial charge in [0.25, 0.3) is 5.78 Å². The molecule has 2 heterocycles. The van der Waals surface area contributed by atoms with Crippen LogP contribution in [0, 0.1) is 11.3 Å². The molecule has 0 radical (unpaired) electrons. The third kappa shape index (κ3) is 3.30. The first kappa shape index (κ1) is 16.5. The quantitative estimate of drug-likeness (QED) is 0.905. The van der Waals surface area contributed by atoms with E-state index < -0.39 is 0 Å². The molecule has 0 unspecified atom stereocenters. The van der Waals surface area contributed by atoms with Crippen LogP contribution in [0.2, 0.25) is 5.02 Å². The minimum atomic E-state index is 0.397. The first-order chi connectivity index (χ1) is 10.9. The van der Waals surface area contributed by atoms with Crippen molar-refractivity contribution in [1.82, 2.24) is 19.6 Å². The van der Waals surface area contributed by atoms with Crippen LogP contribution in [-0.4, -0.2) is 25.6 Å². The maximum Gasteiger partial charge on any atom is 0.254 e. The molecule has 1 N–H and O–H groups in total. The Morgan fingerprint density at radius 1 is 1.26 bits per heavy atom. The topological polar surface area (TPSA) is 55.1 Å². The van der Waals surface area contributed by atoms with E-state index in [9.17, 15) is 0 Å². The highest BCUT2D eigenvalue weighted by Gasteiger charge is 2.30. The van der Waals surface area contributed by atoms with Crippen molar-refractivity contribution in [3.8, 4) is 0 Å². The monoisotopic (exact) mass is 335 g/mol. The third-order valence-electron chi connectivity index (χ3n) is 5.07. The van der Waals surface area contributed by atoms with Gasteiger partial charge in [-0.1, -0.05) is 39.3 Å². The van der Waals surface area contributed by atoms with Crippen LogP contribution in [-0.2, 0) is 6.42 Å². The van der Waals surface area contributed by atoms with Gasteiger partial charge < -0.3 is 5.32 Å². The van der Waals surface area contributed by atoms with E-state index in [4.69, 9.17) is 11.6 Å². The molecule has 0 aromatic carbocycles. The van der Waals surface area contributed by atoms with Crippen molar-refractivity contribution in [3.63, 3.8) is 0 Å². The summed E-state index contributed by atoms with van der Waals surface area (Å²) in [6.07, 6.45) is 7.15. The summed E-state index contributed by atoms with van der Waals surface area (Å²) in [6, 6.07) is 0.436. The Balaban J connectivity index is 1.80.